The van der Waals surface area contributed by atoms with Crippen LogP contribution in [0.5, 0.6) is 5.75 Å². The molecule has 0 spiro atoms. The minimum Gasteiger partial charge on any atom is -0.496 e. The van der Waals surface area contributed by atoms with Crippen LogP contribution in [0.1, 0.15) is 23.6 Å². The average molecular weight is 309 g/mol. The van der Waals surface area contributed by atoms with Crippen molar-refractivity contribution in [3.8, 4) is 5.75 Å². The number of benzene rings is 2. The normalized spacial score (nSPS) is 16.3. The van der Waals surface area contributed by atoms with E-state index in [1.165, 1.54) is 29.6 Å². The van der Waals surface area contributed by atoms with E-state index in [0.29, 0.717) is 11.2 Å². The number of halogens is 1. The Balaban J connectivity index is 1.73. The fourth-order valence-corrected chi connectivity index (χ4v) is 3.27. The second-order valence-corrected chi connectivity index (χ2v) is 5.65. The SMILES string of the molecule is COc1cccc2c1CCC2Nc1ncnc2ccc(F)cc12. The van der Waals surface area contributed by atoms with Gasteiger partial charge in [-0.1, -0.05) is 12.1 Å². The van der Waals surface area contributed by atoms with Crippen molar-refractivity contribution in [2.75, 3.05) is 12.4 Å². The smallest absolute Gasteiger partial charge is 0.137 e. The summed E-state index contributed by atoms with van der Waals surface area (Å²) in [7, 11) is 1.69. The predicted molar refractivity (Wildman–Crippen MR) is 87.2 cm³/mol. The van der Waals surface area contributed by atoms with Crippen molar-refractivity contribution in [2.24, 2.45) is 0 Å². The van der Waals surface area contributed by atoms with Gasteiger partial charge in [0.25, 0.3) is 0 Å². The lowest BCUT2D eigenvalue weighted by atomic mass is 10.1. The highest BCUT2D eigenvalue weighted by Gasteiger charge is 2.25. The Hall–Kier alpha value is -2.69. The van der Waals surface area contributed by atoms with Gasteiger partial charge >= 0.3 is 0 Å². The van der Waals surface area contributed by atoms with Crippen molar-refractivity contribution >= 4 is 16.7 Å². The van der Waals surface area contributed by atoms with Crippen LogP contribution in [0.3, 0.4) is 0 Å². The number of anilines is 1. The van der Waals surface area contributed by atoms with Crippen molar-refractivity contribution < 1.29 is 9.13 Å². The standard InChI is InChI=1S/C18H16FN3O/c1-23-17-4-2-3-12-13(17)6-8-16(12)22-18-14-9-11(19)5-7-15(14)20-10-21-18/h2-5,7,9-10,16H,6,8H2,1H3,(H,20,21,22). The molecule has 3 aromatic rings. The van der Waals surface area contributed by atoms with Crippen molar-refractivity contribution in [3.63, 3.8) is 0 Å². The first-order valence-electron chi connectivity index (χ1n) is 7.59. The first-order valence-corrected chi connectivity index (χ1v) is 7.59. The van der Waals surface area contributed by atoms with Gasteiger partial charge in [0, 0.05) is 5.39 Å². The molecule has 0 saturated heterocycles. The van der Waals surface area contributed by atoms with E-state index < -0.39 is 0 Å². The molecule has 0 bridgehead atoms. The highest BCUT2D eigenvalue weighted by Crippen LogP contribution is 2.39. The number of rotatable bonds is 3. The van der Waals surface area contributed by atoms with Crippen molar-refractivity contribution in [1.82, 2.24) is 9.97 Å². The number of nitrogens with one attached hydrogen (secondary N) is 1. The molecule has 1 aromatic heterocycles. The van der Waals surface area contributed by atoms with Crippen LogP contribution in [-0.4, -0.2) is 17.1 Å². The third-order valence-electron chi connectivity index (χ3n) is 4.36. The molecular formula is C18H16FN3O. The van der Waals surface area contributed by atoms with Crippen LogP contribution in [-0.2, 0) is 6.42 Å². The molecule has 0 radical (unpaired) electrons. The summed E-state index contributed by atoms with van der Waals surface area (Å²) in [6.07, 6.45) is 3.41. The summed E-state index contributed by atoms with van der Waals surface area (Å²) in [5, 5.41) is 4.14. The number of hydrogen-bond acceptors (Lipinski definition) is 4. The van der Waals surface area contributed by atoms with E-state index in [2.05, 4.69) is 21.4 Å². The average Bonchev–Trinajstić information content (AvgIpc) is 2.98. The number of nitrogens with zero attached hydrogens (tertiary/aromatic N) is 2. The fraction of sp³-hybridized carbons (Fsp3) is 0.222. The zero-order valence-electron chi connectivity index (χ0n) is 12.7. The molecule has 1 unspecified atom stereocenters. The van der Waals surface area contributed by atoms with Crippen molar-refractivity contribution in [1.29, 1.82) is 0 Å². The maximum Gasteiger partial charge on any atom is 0.137 e. The molecule has 4 nitrogen and oxygen atoms in total. The van der Waals surface area contributed by atoms with Gasteiger partial charge in [0.15, 0.2) is 0 Å². The third kappa shape index (κ3) is 2.38. The summed E-state index contributed by atoms with van der Waals surface area (Å²) < 4.78 is 19.0. The van der Waals surface area contributed by atoms with Gasteiger partial charge in [-0.15, -0.1) is 0 Å². The zero-order valence-corrected chi connectivity index (χ0v) is 12.7. The summed E-state index contributed by atoms with van der Waals surface area (Å²) >= 11 is 0. The first-order chi connectivity index (χ1) is 11.3. The summed E-state index contributed by atoms with van der Waals surface area (Å²) in [5.41, 5.74) is 3.18. The highest BCUT2D eigenvalue weighted by molar-refractivity contribution is 5.89. The molecule has 0 fully saturated rings. The van der Waals surface area contributed by atoms with Crippen LogP contribution >= 0.6 is 0 Å². The Morgan fingerprint density at radius 1 is 1.22 bits per heavy atom. The quantitative estimate of drug-likeness (QED) is 0.797. The number of methoxy groups -OCH3 is 1. The summed E-state index contributed by atoms with van der Waals surface area (Å²) in [4.78, 5) is 8.50. The first kappa shape index (κ1) is 13.9. The fourth-order valence-electron chi connectivity index (χ4n) is 3.27. The molecule has 1 aliphatic rings. The van der Waals surface area contributed by atoms with Gasteiger partial charge < -0.3 is 10.1 Å². The predicted octanol–water partition coefficient (Wildman–Crippen LogP) is 3.88. The largest absolute Gasteiger partial charge is 0.496 e. The van der Waals surface area contributed by atoms with Crippen LogP contribution in [0.4, 0.5) is 10.2 Å². The minimum atomic E-state index is -0.288. The molecular weight excluding hydrogens is 293 g/mol. The van der Waals surface area contributed by atoms with E-state index in [1.54, 1.807) is 13.2 Å². The molecule has 0 saturated carbocycles. The van der Waals surface area contributed by atoms with Crippen LogP contribution in [0.25, 0.3) is 10.9 Å². The highest BCUT2D eigenvalue weighted by atomic mass is 19.1. The lowest BCUT2D eigenvalue weighted by molar-refractivity contribution is 0.410. The van der Waals surface area contributed by atoms with E-state index in [1.807, 2.05) is 12.1 Å². The van der Waals surface area contributed by atoms with Gasteiger partial charge in [0.2, 0.25) is 0 Å². The Morgan fingerprint density at radius 3 is 3.00 bits per heavy atom. The molecule has 0 amide bonds. The molecule has 116 valence electrons. The van der Waals surface area contributed by atoms with E-state index in [-0.39, 0.29) is 11.9 Å². The molecule has 5 heteroatoms. The van der Waals surface area contributed by atoms with Crippen LogP contribution in [0.15, 0.2) is 42.7 Å². The van der Waals surface area contributed by atoms with Gasteiger partial charge in [-0.25, -0.2) is 14.4 Å². The number of fused-ring (bicyclic) bond motifs is 2. The van der Waals surface area contributed by atoms with Gasteiger partial charge in [-0.05, 0) is 48.2 Å². The van der Waals surface area contributed by atoms with Crippen molar-refractivity contribution in [2.45, 2.75) is 18.9 Å². The van der Waals surface area contributed by atoms with Gasteiger partial charge in [0.05, 0.1) is 18.7 Å². The van der Waals surface area contributed by atoms with Gasteiger partial charge in [-0.2, -0.15) is 0 Å². The van der Waals surface area contributed by atoms with Gasteiger partial charge in [-0.3, -0.25) is 0 Å². The second kappa shape index (κ2) is 5.50. The Bertz CT molecular complexity index is 881. The second-order valence-electron chi connectivity index (χ2n) is 5.65. The Morgan fingerprint density at radius 2 is 2.13 bits per heavy atom. The van der Waals surface area contributed by atoms with Crippen LogP contribution in [0, 0.1) is 5.82 Å². The lowest BCUT2D eigenvalue weighted by Crippen LogP contribution is -2.09. The topological polar surface area (TPSA) is 47.0 Å². The molecule has 4 rings (SSSR count). The third-order valence-corrected chi connectivity index (χ3v) is 4.36. The molecule has 0 aliphatic heterocycles. The molecule has 23 heavy (non-hydrogen) atoms. The van der Waals surface area contributed by atoms with E-state index in [4.69, 9.17) is 4.74 Å². The Kier molecular flexibility index (Phi) is 3.33. The summed E-state index contributed by atoms with van der Waals surface area (Å²) in [6, 6.07) is 10.8. The van der Waals surface area contributed by atoms with Gasteiger partial charge in [0.1, 0.15) is 23.7 Å². The number of ether oxygens (including phenoxy) is 1. The van der Waals surface area contributed by atoms with Crippen LogP contribution in [0.2, 0.25) is 0 Å². The maximum absolute atomic E-state index is 13.6. The molecule has 2 aromatic carbocycles. The molecule has 1 heterocycles. The molecule has 1 atom stereocenters. The molecule has 1 aliphatic carbocycles. The summed E-state index contributed by atoms with van der Waals surface area (Å²) in [6.45, 7) is 0. The van der Waals surface area contributed by atoms with E-state index in [9.17, 15) is 4.39 Å². The maximum atomic E-state index is 13.6. The van der Waals surface area contributed by atoms with E-state index in [0.717, 1.165) is 24.1 Å². The monoisotopic (exact) mass is 309 g/mol. The number of aromatic nitrogens is 2. The van der Waals surface area contributed by atoms with Crippen molar-refractivity contribution in [3.05, 3.63) is 59.7 Å². The van der Waals surface area contributed by atoms with Crippen LogP contribution < -0.4 is 10.1 Å². The van der Waals surface area contributed by atoms with E-state index >= 15 is 0 Å². The zero-order chi connectivity index (χ0) is 15.8. The minimum absolute atomic E-state index is 0.140. The molecule has 1 N–H and O–H groups in total. The number of hydrogen-bond donors (Lipinski definition) is 1. The Labute approximate surface area is 133 Å². The lowest BCUT2D eigenvalue weighted by Gasteiger charge is -2.16. The summed E-state index contributed by atoms with van der Waals surface area (Å²) in [5.74, 6) is 1.30.